The molecule has 1 amide bonds. The first kappa shape index (κ1) is 15.8. The van der Waals surface area contributed by atoms with E-state index in [1.54, 1.807) is 4.90 Å². The Hall–Kier alpha value is -1.56. The lowest BCUT2D eigenvalue weighted by Crippen LogP contribution is -2.40. The van der Waals surface area contributed by atoms with Crippen molar-refractivity contribution in [2.75, 3.05) is 20.2 Å². The molecule has 0 radical (unpaired) electrons. The van der Waals surface area contributed by atoms with E-state index in [4.69, 9.17) is 4.74 Å². The molecular weight excluding hydrogens is 290 g/mol. The number of carbonyl (C=O) groups is 2. The summed E-state index contributed by atoms with van der Waals surface area (Å²) in [6.07, 6.45) is 0.498. The van der Waals surface area contributed by atoms with Gasteiger partial charge in [-0.2, -0.15) is 0 Å². The lowest BCUT2D eigenvalue weighted by atomic mass is 9.76. The van der Waals surface area contributed by atoms with Gasteiger partial charge in [-0.1, -0.05) is 13.8 Å². The number of ether oxygens (including phenoxy) is 1. The lowest BCUT2D eigenvalue weighted by molar-refractivity contribution is -0.150. The van der Waals surface area contributed by atoms with E-state index < -0.39 is 11.4 Å². The van der Waals surface area contributed by atoms with Gasteiger partial charge in [0.2, 0.25) is 0 Å². The highest BCUT2D eigenvalue weighted by atomic mass is 32.1. The molecule has 2 heterocycles. The molecule has 0 aliphatic carbocycles. The lowest BCUT2D eigenvalue weighted by Gasteiger charge is -2.28. The minimum atomic E-state index is -0.838. The van der Waals surface area contributed by atoms with Crippen molar-refractivity contribution in [3.05, 3.63) is 15.8 Å². The summed E-state index contributed by atoms with van der Waals surface area (Å²) in [6.45, 7) is 6.46. The average molecular weight is 311 g/mol. The second-order valence-corrected chi connectivity index (χ2v) is 7.10. The molecule has 6 heteroatoms. The van der Waals surface area contributed by atoms with Crippen molar-refractivity contribution in [1.82, 2.24) is 4.90 Å². The van der Waals surface area contributed by atoms with Gasteiger partial charge in [0.15, 0.2) is 0 Å². The van der Waals surface area contributed by atoms with Crippen LogP contribution in [0.2, 0.25) is 0 Å². The van der Waals surface area contributed by atoms with E-state index in [-0.39, 0.29) is 18.4 Å². The van der Waals surface area contributed by atoms with Crippen LogP contribution in [0.5, 0.6) is 5.75 Å². The number of thiophene rings is 1. The van der Waals surface area contributed by atoms with Crippen molar-refractivity contribution in [3.8, 4) is 5.75 Å². The van der Waals surface area contributed by atoms with Gasteiger partial charge in [0.25, 0.3) is 5.91 Å². The quantitative estimate of drug-likeness (QED) is 0.928. The zero-order valence-electron chi connectivity index (χ0n) is 12.8. The largest absolute Gasteiger partial charge is 0.495 e. The molecule has 21 heavy (non-hydrogen) atoms. The van der Waals surface area contributed by atoms with E-state index in [9.17, 15) is 14.7 Å². The van der Waals surface area contributed by atoms with Gasteiger partial charge in [0.1, 0.15) is 10.6 Å². The first-order chi connectivity index (χ1) is 9.81. The molecule has 1 aliphatic rings. The molecule has 1 fully saturated rings. The number of aliphatic carboxylic acids is 1. The van der Waals surface area contributed by atoms with Gasteiger partial charge in [-0.25, -0.2) is 0 Å². The number of aryl methyl sites for hydroxylation is 1. The Kier molecular flexibility index (Phi) is 4.27. The van der Waals surface area contributed by atoms with Crippen LogP contribution in [-0.4, -0.2) is 42.1 Å². The third kappa shape index (κ3) is 2.64. The van der Waals surface area contributed by atoms with Crippen LogP contribution in [0.25, 0.3) is 0 Å². The topological polar surface area (TPSA) is 66.8 Å². The van der Waals surface area contributed by atoms with E-state index in [1.807, 2.05) is 26.8 Å². The number of carboxylic acid groups (broad SMARTS) is 1. The number of amides is 1. The third-order valence-electron chi connectivity index (χ3n) is 4.35. The number of nitrogens with zero attached hydrogens (tertiary/aromatic N) is 1. The van der Waals surface area contributed by atoms with E-state index in [0.29, 0.717) is 23.6 Å². The Morgan fingerprint density at radius 1 is 1.48 bits per heavy atom. The molecule has 0 aromatic carbocycles. The van der Waals surface area contributed by atoms with Gasteiger partial charge < -0.3 is 14.7 Å². The summed E-state index contributed by atoms with van der Waals surface area (Å²) in [7, 11) is 1.54. The minimum Gasteiger partial charge on any atom is -0.495 e. The number of likely N-dealkylation sites (tertiary alicyclic amines) is 1. The van der Waals surface area contributed by atoms with Gasteiger partial charge in [-0.05, 0) is 25.3 Å². The van der Waals surface area contributed by atoms with Crippen LogP contribution in [0.1, 0.15) is 34.8 Å². The van der Waals surface area contributed by atoms with Crippen LogP contribution in [0.4, 0.5) is 0 Å². The van der Waals surface area contributed by atoms with E-state index in [0.717, 1.165) is 4.88 Å². The van der Waals surface area contributed by atoms with Crippen LogP contribution in [-0.2, 0) is 4.79 Å². The molecule has 2 rings (SSSR count). The molecule has 0 bridgehead atoms. The van der Waals surface area contributed by atoms with Crippen molar-refractivity contribution in [2.24, 2.45) is 11.3 Å². The van der Waals surface area contributed by atoms with Crippen molar-refractivity contribution < 1.29 is 19.4 Å². The van der Waals surface area contributed by atoms with Crippen LogP contribution in [0, 0.1) is 18.3 Å². The summed E-state index contributed by atoms with van der Waals surface area (Å²) in [5.41, 5.74) is -0.838. The van der Waals surface area contributed by atoms with Crippen molar-refractivity contribution in [3.63, 3.8) is 0 Å². The summed E-state index contributed by atoms with van der Waals surface area (Å²) in [4.78, 5) is 27.5. The predicted octanol–water partition coefficient (Wildman–Crippen LogP) is 2.64. The smallest absolute Gasteiger partial charge is 0.311 e. The molecular formula is C15H21NO4S. The minimum absolute atomic E-state index is 0.0141. The Morgan fingerprint density at radius 2 is 2.14 bits per heavy atom. The highest BCUT2D eigenvalue weighted by Gasteiger charge is 2.48. The summed E-state index contributed by atoms with van der Waals surface area (Å²) in [6, 6.07) is 1.83. The Morgan fingerprint density at radius 3 is 2.62 bits per heavy atom. The standard InChI is InChI=1S/C15H21NO4S/c1-9(2)15(14(18)19)5-6-16(8-15)13(17)12-11(20-4)7-10(3)21-12/h7,9H,5-6,8H2,1-4H3,(H,18,19). The number of carbonyl (C=O) groups excluding carboxylic acids is 1. The highest BCUT2D eigenvalue weighted by Crippen LogP contribution is 2.40. The molecule has 1 aliphatic heterocycles. The predicted molar refractivity (Wildman–Crippen MR) is 81.0 cm³/mol. The first-order valence-corrected chi connectivity index (χ1v) is 7.80. The maximum Gasteiger partial charge on any atom is 0.311 e. The zero-order valence-corrected chi connectivity index (χ0v) is 13.6. The molecule has 0 saturated carbocycles. The van der Waals surface area contributed by atoms with E-state index in [2.05, 4.69) is 0 Å². The number of carboxylic acids is 1. The Bertz CT molecular complexity index is 566. The molecule has 1 aromatic rings. The molecule has 1 saturated heterocycles. The fourth-order valence-corrected chi connectivity index (χ4v) is 3.78. The average Bonchev–Trinajstić information content (AvgIpc) is 3.02. The molecule has 5 nitrogen and oxygen atoms in total. The van der Waals surface area contributed by atoms with Crippen LogP contribution >= 0.6 is 11.3 Å². The summed E-state index contributed by atoms with van der Waals surface area (Å²) in [5.74, 6) is -0.393. The van der Waals surface area contributed by atoms with Crippen LogP contribution in [0.15, 0.2) is 6.07 Å². The van der Waals surface area contributed by atoms with Crippen LogP contribution in [0.3, 0.4) is 0 Å². The summed E-state index contributed by atoms with van der Waals surface area (Å²) >= 11 is 1.39. The molecule has 1 atom stereocenters. The van der Waals surface area contributed by atoms with Gasteiger partial charge in [0, 0.05) is 18.0 Å². The second-order valence-electron chi connectivity index (χ2n) is 5.85. The van der Waals surface area contributed by atoms with Crippen molar-refractivity contribution >= 4 is 23.2 Å². The molecule has 1 aromatic heterocycles. The molecule has 0 spiro atoms. The number of methoxy groups -OCH3 is 1. The van der Waals surface area contributed by atoms with Crippen molar-refractivity contribution in [2.45, 2.75) is 27.2 Å². The zero-order chi connectivity index (χ0) is 15.8. The number of hydrogen-bond acceptors (Lipinski definition) is 4. The van der Waals surface area contributed by atoms with Gasteiger partial charge in [-0.3, -0.25) is 9.59 Å². The number of rotatable bonds is 4. The Balaban J connectivity index is 2.24. The van der Waals surface area contributed by atoms with Gasteiger partial charge in [0.05, 0.1) is 12.5 Å². The third-order valence-corrected chi connectivity index (χ3v) is 5.37. The van der Waals surface area contributed by atoms with Gasteiger partial charge >= 0.3 is 5.97 Å². The van der Waals surface area contributed by atoms with E-state index >= 15 is 0 Å². The highest BCUT2D eigenvalue weighted by molar-refractivity contribution is 7.14. The Labute approximate surface area is 128 Å². The van der Waals surface area contributed by atoms with Crippen molar-refractivity contribution in [1.29, 1.82) is 0 Å². The first-order valence-electron chi connectivity index (χ1n) is 6.99. The fraction of sp³-hybridized carbons (Fsp3) is 0.600. The van der Waals surface area contributed by atoms with E-state index in [1.165, 1.54) is 18.4 Å². The number of hydrogen-bond donors (Lipinski definition) is 1. The second kappa shape index (κ2) is 5.67. The maximum atomic E-state index is 12.6. The SMILES string of the molecule is COc1cc(C)sc1C(=O)N1CCC(C(=O)O)(C(C)C)C1. The van der Waals surface area contributed by atoms with Gasteiger partial charge in [-0.15, -0.1) is 11.3 Å². The molecule has 1 N–H and O–H groups in total. The fourth-order valence-electron chi connectivity index (χ4n) is 2.83. The molecule has 1 unspecified atom stereocenters. The summed E-state index contributed by atoms with van der Waals surface area (Å²) in [5, 5.41) is 9.55. The monoisotopic (exact) mass is 311 g/mol. The normalized spacial score (nSPS) is 21.9. The van der Waals surface area contributed by atoms with Crippen LogP contribution < -0.4 is 4.74 Å². The maximum absolute atomic E-state index is 12.6. The molecule has 116 valence electrons. The summed E-state index contributed by atoms with van der Waals surface area (Å²) < 4.78 is 5.24.